The Bertz CT molecular complexity index is 310. The molecular weight excluding hydrogens is 160 g/mol. The van der Waals surface area contributed by atoms with E-state index in [1.54, 1.807) is 0 Å². The predicted molar refractivity (Wildman–Crippen MR) is 55.4 cm³/mol. The van der Waals surface area contributed by atoms with Gasteiger partial charge in [0.2, 0.25) is 0 Å². The minimum atomic E-state index is 1.02. The van der Waals surface area contributed by atoms with Gasteiger partial charge in [-0.25, -0.2) is 0 Å². The lowest BCUT2D eigenvalue weighted by molar-refractivity contribution is 0.677. The fraction of sp³-hybridized carbons (Fsp3) is 0.545. The third-order valence-corrected chi connectivity index (χ3v) is 2.46. The number of nitrogens with zero attached hydrogens (tertiary/aromatic N) is 2. The number of aryl methyl sites for hydroxylation is 1. The van der Waals surface area contributed by atoms with Gasteiger partial charge >= 0.3 is 0 Å². The molecule has 70 valence electrons. The third-order valence-electron chi connectivity index (χ3n) is 2.46. The van der Waals surface area contributed by atoms with E-state index in [9.17, 15) is 0 Å². The van der Waals surface area contributed by atoms with Gasteiger partial charge in [0.1, 0.15) is 0 Å². The van der Waals surface area contributed by atoms with E-state index in [-0.39, 0.29) is 0 Å². The van der Waals surface area contributed by atoms with Crippen LogP contribution in [0.1, 0.15) is 31.9 Å². The summed E-state index contributed by atoms with van der Waals surface area (Å²) in [5.41, 5.74) is 2.64. The normalized spacial score (nSPS) is 16.2. The highest BCUT2D eigenvalue weighted by Crippen LogP contribution is 2.14. The molecule has 0 spiro atoms. The molecule has 13 heavy (non-hydrogen) atoms. The number of aromatic nitrogens is 1. The van der Waals surface area contributed by atoms with Crippen LogP contribution in [0.4, 0.5) is 0 Å². The van der Waals surface area contributed by atoms with Gasteiger partial charge in [-0.15, -0.1) is 0 Å². The van der Waals surface area contributed by atoms with E-state index in [0.29, 0.717) is 0 Å². The summed E-state index contributed by atoms with van der Waals surface area (Å²) in [4.78, 5) is 4.52. The second kappa shape index (κ2) is 3.77. The van der Waals surface area contributed by atoms with Crippen LogP contribution in [0.25, 0.3) is 0 Å². The molecule has 0 bridgehead atoms. The summed E-state index contributed by atoms with van der Waals surface area (Å²) in [5.74, 6) is 0. The predicted octanol–water partition coefficient (Wildman–Crippen LogP) is 2.48. The smallest absolute Gasteiger partial charge is 0.0620 e. The van der Waals surface area contributed by atoms with Gasteiger partial charge in [0.15, 0.2) is 0 Å². The molecule has 0 aliphatic carbocycles. The Labute approximate surface area is 79.3 Å². The molecule has 0 saturated heterocycles. The Hall–Kier alpha value is -1.05. The zero-order chi connectivity index (χ0) is 9.10. The monoisotopic (exact) mass is 176 g/mol. The molecule has 1 aliphatic heterocycles. The maximum absolute atomic E-state index is 4.52. The lowest BCUT2D eigenvalue weighted by Gasteiger charge is -2.06. The third kappa shape index (κ3) is 1.67. The molecule has 0 amide bonds. The minimum Gasteiger partial charge on any atom is -0.347 e. The molecule has 0 aromatic carbocycles. The van der Waals surface area contributed by atoms with Gasteiger partial charge in [0, 0.05) is 19.3 Å². The van der Waals surface area contributed by atoms with Gasteiger partial charge < -0.3 is 4.57 Å². The Morgan fingerprint density at radius 3 is 3.15 bits per heavy atom. The molecule has 2 nitrogen and oxygen atoms in total. The van der Waals surface area contributed by atoms with E-state index in [1.165, 1.54) is 24.2 Å². The van der Waals surface area contributed by atoms with Crippen LogP contribution in [0.3, 0.4) is 0 Å². The SMILES string of the molecule is CCCn1cccc1C1=NCCC1. The lowest BCUT2D eigenvalue weighted by atomic mass is 10.2. The highest BCUT2D eigenvalue weighted by atomic mass is 15.0. The zero-order valence-electron chi connectivity index (χ0n) is 8.16. The van der Waals surface area contributed by atoms with Gasteiger partial charge in [0.25, 0.3) is 0 Å². The molecule has 2 heteroatoms. The van der Waals surface area contributed by atoms with Gasteiger partial charge in [-0.3, -0.25) is 4.99 Å². The second-order valence-electron chi connectivity index (χ2n) is 3.52. The maximum Gasteiger partial charge on any atom is 0.0620 e. The van der Waals surface area contributed by atoms with Crippen molar-refractivity contribution in [2.75, 3.05) is 6.54 Å². The first kappa shape index (κ1) is 8.54. The van der Waals surface area contributed by atoms with Crippen molar-refractivity contribution in [1.29, 1.82) is 0 Å². The van der Waals surface area contributed by atoms with Crippen molar-refractivity contribution in [2.45, 2.75) is 32.7 Å². The summed E-state index contributed by atoms with van der Waals surface area (Å²) in [5, 5.41) is 0. The van der Waals surface area contributed by atoms with Crippen LogP contribution in [0.2, 0.25) is 0 Å². The van der Waals surface area contributed by atoms with E-state index >= 15 is 0 Å². The summed E-state index contributed by atoms with van der Waals surface area (Å²) in [6.07, 6.45) is 5.73. The lowest BCUT2D eigenvalue weighted by Crippen LogP contribution is -2.06. The fourth-order valence-corrected chi connectivity index (χ4v) is 1.86. The molecule has 0 fully saturated rings. The van der Waals surface area contributed by atoms with Gasteiger partial charge in [-0.1, -0.05) is 6.92 Å². The Morgan fingerprint density at radius 1 is 1.54 bits per heavy atom. The van der Waals surface area contributed by atoms with Crippen molar-refractivity contribution in [3.05, 3.63) is 24.0 Å². The molecular formula is C11H16N2. The van der Waals surface area contributed by atoms with Crippen LogP contribution in [-0.2, 0) is 6.54 Å². The summed E-state index contributed by atoms with van der Waals surface area (Å²) in [6.45, 7) is 4.34. The van der Waals surface area contributed by atoms with Crippen LogP contribution in [0.5, 0.6) is 0 Å². The van der Waals surface area contributed by atoms with E-state index in [4.69, 9.17) is 0 Å². The summed E-state index contributed by atoms with van der Waals surface area (Å²) >= 11 is 0. The summed E-state index contributed by atoms with van der Waals surface area (Å²) in [7, 11) is 0. The molecule has 0 atom stereocenters. The first-order valence-electron chi connectivity index (χ1n) is 5.10. The standard InChI is InChI=1S/C11H16N2/c1-2-8-13-9-4-6-11(13)10-5-3-7-12-10/h4,6,9H,2-3,5,7-8H2,1H3. The Morgan fingerprint density at radius 2 is 2.46 bits per heavy atom. The number of hydrogen-bond donors (Lipinski definition) is 0. The largest absolute Gasteiger partial charge is 0.347 e. The van der Waals surface area contributed by atoms with Crippen molar-refractivity contribution >= 4 is 5.71 Å². The molecule has 2 rings (SSSR count). The average Bonchev–Trinajstić information content (AvgIpc) is 2.71. The van der Waals surface area contributed by atoms with Gasteiger partial charge in [-0.2, -0.15) is 0 Å². The Kier molecular flexibility index (Phi) is 2.48. The summed E-state index contributed by atoms with van der Waals surface area (Å²) < 4.78 is 2.31. The highest BCUT2D eigenvalue weighted by molar-refractivity contribution is 6.00. The molecule has 0 radical (unpaired) electrons. The van der Waals surface area contributed by atoms with Crippen molar-refractivity contribution in [2.24, 2.45) is 4.99 Å². The first-order chi connectivity index (χ1) is 6.42. The highest BCUT2D eigenvalue weighted by Gasteiger charge is 2.11. The van der Waals surface area contributed by atoms with Crippen LogP contribution >= 0.6 is 0 Å². The number of rotatable bonds is 3. The van der Waals surface area contributed by atoms with Gasteiger partial charge in [0.05, 0.1) is 11.4 Å². The molecule has 0 N–H and O–H groups in total. The van der Waals surface area contributed by atoms with E-state index in [2.05, 4.69) is 34.8 Å². The molecule has 0 unspecified atom stereocenters. The quantitative estimate of drug-likeness (QED) is 0.673. The molecule has 2 heterocycles. The number of hydrogen-bond acceptors (Lipinski definition) is 1. The van der Waals surface area contributed by atoms with Crippen LogP contribution in [-0.4, -0.2) is 16.8 Å². The fourth-order valence-electron chi connectivity index (χ4n) is 1.86. The van der Waals surface area contributed by atoms with E-state index < -0.39 is 0 Å². The Balaban J connectivity index is 2.23. The molecule has 1 aliphatic rings. The van der Waals surface area contributed by atoms with Crippen molar-refractivity contribution in [3.8, 4) is 0 Å². The summed E-state index contributed by atoms with van der Waals surface area (Å²) in [6, 6.07) is 4.30. The average molecular weight is 176 g/mol. The van der Waals surface area contributed by atoms with E-state index in [1.807, 2.05) is 0 Å². The first-order valence-corrected chi connectivity index (χ1v) is 5.10. The minimum absolute atomic E-state index is 1.02. The van der Waals surface area contributed by atoms with Crippen molar-refractivity contribution in [3.63, 3.8) is 0 Å². The zero-order valence-corrected chi connectivity index (χ0v) is 8.16. The topological polar surface area (TPSA) is 17.3 Å². The molecule has 1 aromatic heterocycles. The van der Waals surface area contributed by atoms with Crippen molar-refractivity contribution < 1.29 is 0 Å². The van der Waals surface area contributed by atoms with Crippen molar-refractivity contribution in [1.82, 2.24) is 4.57 Å². The molecule has 0 saturated carbocycles. The second-order valence-corrected chi connectivity index (χ2v) is 3.52. The van der Waals surface area contributed by atoms with Crippen LogP contribution < -0.4 is 0 Å². The van der Waals surface area contributed by atoms with Gasteiger partial charge in [-0.05, 0) is 31.4 Å². The van der Waals surface area contributed by atoms with Crippen LogP contribution in [0, 0.1) is 0 Å². The molecule has 1 aromatic rings. The maximum atomic E-state index is 4.52. The van der Waals surface area contributed by atoms with E-state index in [0.717, 1.165) is 19.5 Å². The van der Waals surface area contributed by atoms with Crippen LogP contribution in [0.15, 0.2) is 23.3 Å². The number of aliphatic imine (C=N–C) groups is 1.